The topological polar surface area (TPSA) is 86.8 Å². The van der Waals surface area contributed by atoms with Crippen LogP contribution < -0.4 is 9.62 Å². The first-order valence-corrected chi connectivity index (χ1v) is 15.9. The molecule has 40 heavy (non-hydrogen) atoms. The van der Waals surface area contributed by atoms with Gasteiger partial charge in [0.15, 0.2) is 0 Å². The van der Waals surface area contributed by atoms with E-state index in [1.807, 2.05) is 6.92 Å². The third-order valence-corrected chi connectivity index (χ3v) is 9.20. The second-order valence-electron chi connectivity index (χ2n) is 9.13. The highest BCUT2D eigenvalue weighted by Gasteiger charge is 2.33. The van der Waals surface area contributed by atoms with Crippen LogP contribution in [0.3, 0.4) is 0 Å². The van der Waals surface area contributed by atoms with E-state index in [0.717, 1.165) is 21.6 Å². The maximum absolute atomic E-state index is 14.1. The Balaban J connectivity index is 2.04. The summed E-state index contributed by atoms with van der Waals surface area (Å²) in [7, 11) is -4.13. The van der Waals surface area contributed by atoms with Crippen LogP contribution in [0.2, 0.25) is 10.0 Å². The minimum atomic E-state index is -4.13. The maximum Gasteiger partial charge on any atom is 0.264 e. The molecule has 7 nitrogen and oxygen atoms in total. The van der Waals surface area contributed by atoms with E-state index >= 15 is 0 Å². The molecule has 0 saturated carbocycles. The number of anilines is 1. The van der Waals surface area contributed by atoms with Crippen LogP contribution in [0.4, 0.5) is 5.69 Å². The molecule has 0 aliphatic rings. The van der Waals surface area contributed by atoms with Gasteiger partial charge < -0.3 is 10.2 Å². The molecule has 0 aliphatic carbocycles. The molecule has 1 atom stereocenters. The lowest BCUT2D eigenvalue weighted by atomic mass is 10.1. The fourth-order valence-corrected chi connectivity index (χ4v) is 6.28. The lowest BCUT2D eigenvalue weighted by Crippen LogP contribution is -2.52. The van der Waals surface area contributed by atoms with E-state index in [2.05, 4.69) is 21.2 Å². The van der Waals surface area contributed by atoms with Crippen molar-refractivity contribution in [3.05, 3.63) is 92.9 Å². The lowest BCUT2D eigenvalue weighted by Gasteiger charge is -2.33. The molecule has 0 heterocycles. The summed E-state index contributed by atoms with van der Waals surface area (Å²) in [5, 5.41) is 3.68. The normalized spacial score (nSPS) is 12.0. The largest absolute Gasteiger partial charge is 0.354 e. The van der Waals surface area contributed by atoms with E-state index in [1.54, 1.807) is 67.6 Å². The molecule has 3 aromatic carbocycles. The molecule has 0 saturated heterocycles. The summed E-state index contributed by atoms with van der Waals surface area (Å²) >= 11 is 15.9. The average molecular weight is 669 g/mol. The fourth-order valence-electron chi connectivity index (χ4n) is 4.11. The Labute approximate surface area is 254 Å². The van der Waals surface area contributed by atoms with Gasteiger partial charge in [0.2, 0.25) is 11.8 Å². The predicted molar refractivity (Wildman–Crippen MR) is 164 cm³/mol. The summed E-state index contributed by atoms with van der Waals surface area (Å²) in [6, 6.07) is 18.6. The summed E-state index contributed by atoms with van der Waals surface area (Å²) < 4.78 is 29.4. The van der Waals surface area contributed by atoms with E-state index in [4.69, 9.17) is 23.2 Å². The third-order valence-electron chi connectivity index (χ3n) is 6.30. The van der Waals surface area contributed by atoms with Gasteiger partial charge in [0.05, 0.1) is 10.6 Å². The van der Waals surface area contributed by atoms with Crippen LogP contribution in [0.5, 0.6) is 0 Å². The van der Waals surface area contributed by atoms with Crippen molar-refractivity contribution in [2.24, 2.45) is 0 Å². The smallest absolute Gasteiger partial charge is 0.264 e. The number of hydrogen-bond acceptors (Lipinski definition) is 4. The average Bonchev–Trinajstić information content (AvgIpc) is 2.93. The Morgan fingerprint density at radius 2 is 1.65 bits per heavy atom. The van der Waals surface area contributed by atoms with Gasteiger partial charge in [-0.05, 0) is 66.9 Å². The SMILES string of the molecule is CCCCNC(=O)[C@@H](CC)N(Cc1ccc(Cl)cc1Cl)C(=O)CN(c1ccc(Br)cc1)S(=O)(=O)c1ccccc1. The van der Waals surface area contributed by atoms with Crippen molar-refractivity contribution in [2.75, 3.05) is 17.4 Å². The van der Waals surface area contributed by atoms with Gasteiger partial charge in [-0.3, -0.25) is 13.9 Å². The van der Waals surface area contributed by atoms with Crippen LogP contribution in [-0.2, 0) is 26.2 Å². The van der Waals surface area contributed by atoms with Crippen LogP contribution in [0.15, 0.2) is 82.2 Å². The number of nitrogens with zero attached hydrogens (tertiary/aromatic N) is 2. The number of rotatable bonds is 13. The second-order valence-corrected chi connectivity index (χ2v) is 12.7. The zero-order valence-electron chi connectivity index (χ0n) is 22.3. The highest BCUT2D eigenvalue weighted by atomic mass is 79.9. The molecule has 0 aromatic heterocycles. The molecule has 0 bridgehead atoms. The number of benzene rings is 3. The number of unbranched alkanes of at least 4 members (excludes halogenated alkanes) is 1. The zero-order chi connectivity index (χ0) is 29.3. The van der Waals surface area contributed by atoms with Crippen molar-refractivity contribution in [1.82, 2.24) is 10.2 Å². The van der Waals surface area contributed by atoms with Gasteiger partial charge in [0, 0.05) is 27.6 Å². The summed E-state index contributed by atoms with van der Waals surface area (Å²) in [6.07, 6.45) is 2.02. The quantitative estimate of drug-likeness (QED) is 0.206. The molecule has 2 amide bonds. The molecule has 11 heteroatoms. The summed E-state index contributed by atoms with van der Waals surface area (Å²) in [5.41, 5.74) is 0.894. The molecule has 0 unspecified atom stereocenters. The van der Waals surface area contributed by atoms with Gasteiger partial charge in [-0.2, -0.15) is 0 Å². The molecule has 0 aliphatic heterocycles. The van der Waals surface area contributed by atoms with Gasteiger partial charge in [0.1, 0.15) is 12.6 Å². The first-order valence-electron chi connectivity index (χ1n) is 12.9. The van der Waals surface area contributed by atoms with E-state index in [0.29, 0.717) is 34.3 Å². The molecule has 214 valence electrons. The van der Waals surface area contributed by atoms with Crippen molar-refractivity contribution in [1.29, 1.82) is 0 Å². The Morgan fingerprint density at radius 1 is 0.975 bits per heavy atom. The molecular weight excluding hydrogens is 637 g/mol. The molecule has 3 aromatic rings. The first-order chi connectivity index (χ1) is 19.1. The minimum absolute atomic E-state index is 0.00585. The number of carbonyl (C=O) groups is 2. The van der Waals surface area contributed by atoms with Crippen molar-refractivity contribution in [3.63, 3.8) is 0 Å². The fraction of sp³-hybridized carbons (Fsp3) is 0.310. The number of hydrogen-bond donors (Lipinski definition) is 1. The Kier molecular flexibility index (Phi) is 11.9. The van der Waals surface area contributed by atoms with E-state index in [1.165, 1.54) is 17.0 Å². The summed E-state index contributed by atoms with van der Waals surface area (Å²) in [6.45, 7) is 3.77. The maximum atomic E-state index is 14.1. The molecule has 1 N–H and O–H groups in total. The molecule has 0 spiro atoms. The van der Waals surface area contributed by atoms with Crippen LogP contribution in [-0.4, -0.2) is 44.3 Å². The van der Waals surface area contributed by atoms with Crippen LogP contribution in [0, 0.1) is 0 Å². The van der Waals surface area contributed by atoms with E-state index in [-0.39, 0.29) is 17.3 Å². The van der Waals surface area contributed by atoms with Crippen molar-refractivity contribution >= 4 is 66.7 Å². The zero-order valence-corrected chi connectivity index (χ0v) is 26.2. The number of carbonyl (C=O) groups excluding carboxylic acids is 2. The highest BCUT2D eigenvalue weighted by Crippen LogP contribution is 2.27. The number of amides is 2. The van der Waals surface area contributed by atoms with E-state index < -0.39 is 28.5 Å². The summed E-state index contributed by atoms with van der Waals surface area (Å²) in [5.74, 6) is -0.860. The Hall–Kier alpha value is -2.59. The standard InChI is InChI=1S/C29H32BrCl2N3O4S/c1-3-5-17-33-29(37)27(4-2)34(19-21-11-14-23(31)18-26(21)32)28(36)20-35(24-15-12-22(30)13-16-24)40(38,39)25-9-7-6-8-10-25/h6-16,18,27H,3-5,17,19-20H2,1-2H3,(H,33,37)/t27-/m1/s1. The van der Waals surface area contributed by atoms with Gasteiger partial charge in [-0.1, -0.05) is 83.7 Å². The van der Waals surface area contributed by atoms with Crippen molar-refractivity contribution < 1.29 is 18.0 Å². The predicted octanol–water partition coefficient (Wildman–Crippen LogP) is 6.67. The first kappa shape index (κ1) is 31.9. The molecule has 0 radical (unpaired) electrons. The Morgan fingerprint density at radius 3 is 2.25 bits per heavy atom. The monoisotopic (exact) mass is 667 g/mol. The van der Waals surface area contributed by atoms with Gasteiger partial charge >= 0.3 is 0 Å². The highest BCUT2D eigenvalue weighted by molar-refractivity contribution is 9.10. The lowest BCUT2D eigenvalue weighted by molar-refractivity contribution is -0.140. The number of nitrogens with one attached hydrogen (secondary N) is 1. The molecular formula is C29H32BrCl2N3O4S. The van der Waals surface area contributed by atoms with Crippen LogP contribution in [0.1, 0.15) is 38.7 Å². The molecule has 0 fully saturated rings. The number of sulfonamides is 1. The summed E-state index contributed by atoms with van der Waals surface area (Å²) in [4.78, 5) is 28.7. The van der Waals surface area contributed by atoms with Gasteiger partial charge in [0.25, 0.3) is 10.0 Å². The molecule has 3 rings (SSSR count). The van der Waals surface area contributed by atoms with Crippen molar-refractivity contribution in [2.45, 2.75) is 50.6 Å². The minimum Gasteiger partial charge on any atom is -0.354 e. The number of halogens is 3. The van der Waals surface area contributed by atoms with Gasteiger partial charge in [-0.25, -0.2) is 8.42 Å². The van der Waals surface area contributed by atoms with Crippen LogP contribution >= 0.6 is 39.1 Å². The van der Waals surface area contributed by atoms with Crippen LogP contribution in [0.25, 0.3) is 0 Å². The van der Waals surface area contributed by atoms with Gasteiger partial charge in [-0.15, -0.1) is 0 Å². The third kappa shape index (κ3) is 8.22. The Bertz CT molecular complexity index is 1410. The second kappa shape index (κ2) is 14.9. The van der Waals surface area contributed by atoms with Crippen molar-refractivity contribution in [3.8, 4) is 0 Å². The van der Waals surface area contributed by atoms with E-state index in [9.17, 15) is 18.0 Å².